The number of carbonyl (C=O) groups excluding carboxylic acids is 1. The lowest BCUT2D eigenvalue weighted by Crippen LogP contribution is -2.22. The van der Waals surface area contributed by atoms with Crippen LogP contribution in [-0.4, -0.2) is 17.4 Å². The number of benzene rings is 1. The van der Waals surface area contributed by atoms with Crippen LogP contribution in [0.25, 0.3) is 0 Å². The van der Waals surface area contributed by atoms with Gasteiger partial charge in [-0.1, -0.05) is 31.2 Å². The summed E-state index contributed by atoms with van der Waals surface area (Å²) in [5.74, 6) is 0.682. The summed E-state index contributed by atoms with van der Waals surface area (Å²) in [5.41, 5.74) is 3.19. The van der Waals surface area contributed by atoms with Crippen molar-refractivity contribution in [2.45, 2.75) is 26.8 Å². The average Bonchev–Trinajstić information content (AvgIpc) is 2.54. The highest BCUT2D eigenvalue weighted by Crippen LogP contribution is 2.12. The molecule has 110 valence electrons. The molecule has 0 saturated carbocycles. The molecule has 0 spiro atoms. The first-order chi connectivity index (χ1) is 10.2. The third kappa shape index (κ3) is 4.05. The molecular weight excluding hydrogens is 262 g/mol. The summed E-state index contributed by atoms with van der Waals surface area (Å²) in [6, 6.07) is 12.0. The quantitative estimate of drug-likeness (QED) is 0.857. The van der Waals surface area contributed by atoms with Crippen molar-refractivity contribution in [2.24, 2.45) is 0 Å². The van der Waals surface area contributed by atoms with Crippen molar-refractivity contribution in [1.29, 1.82) is 0 Å². The Hall–Kier alpha value is -2.36. The number of aryl methyl sites for hydroxylation is 1. The molecule has 2 N–H and O–H groups in total. The van der Waals surface area contributed by atoms with Crippen LogP contribution in [-0.2, 0) is 13.0 Å². The van der Waals surface area contributed by atoms with Crippen LogP contribution in [0.4, 0.5) is 5.82 Å². The Kier molecular flexibility index (Phi) is 5.32. The number of aromatic nitrogens is 1. The lowest BCUT2D eigenvalue weighted by molar-refractivity contribution is 0.0955. The second-order valence-electron chi connectivity index (χ2n) is 4.77. The van der Waals surface area contributed by atoms with E-state index in [-0.39, 0.29) is 5.91 Å². The van der Waals surface area contributed by atoms with Crippen LogP contribution in [0.1, 0.15) is 35.3 Å². The standard InChI is InChI=1S/C17H21N3O/c1-3-13-7-5-6-8-14(13)11-19-16-10-9-15(12-20-16)17(21)18-4-2/h5-10,12H,3-4,11H2,1-2H3,(H,18,21)(H,19,20). The van der Waals surface area contributed by atoms with E-state index < -0.39 is 0 Å². The number of nitrogens with zero attached hydrogens (tertiary/aromatic N) is 1. The van der Waals surface area contributed by atoms with Crippen LogP contribution in [0.2, 0.25) is 0 Å². The van der Waals surface area contributed by atoms with Gasteiger partial charge in [0.15, 0.2) is 0 Å². The fourth-order valence-corrected chi connectivity index (χ4v) is 2.16. The molecule has 0 radical (unpaired) electrons. The maximum absolute atomic E-state index is 11.6. The molecule has 0 bridgehead atoms. The van der Waals surface area contributed by atoms with E-state index in [2.05, 4.69) is 40.7 Å². The molecule has 1 aromatic carbocycles. The first kappa shape index (κ1) is 15.0. The van der Waals surface area contributed by atoms with Gasteiger partial charge < -0.3 is 10.6 Å². The van der Waals surface area contributed by atoms with E-state index in [0.29, 0.717) is 12.1 Å². The molecule has 1 heterocycles. The molecule has 4 heteroatoms. The van der Waals surface area contributed by atoms with Crippen molar-refractivity contribution in [2.75, 3.05) is 11.9 Å². The van der Waals surface area contributed by atoms with Crippen molar-refractivity contribution < 1.29 is 4.79 Å². The van der Waals surface area contributed by atoms with E-state index in [9.17, 15) is 4.79 Å². The number of anilines is 1. The number of pyridine rings is 1. The van der Waals surface area contributed by atoms with Crippen LogP contribution >= 0.6 is 0 Å². The molecule has 2 rings (SSSR count). The number of nitrogens with one attached hydrogen (secondary N) is 2. The van der Waals surface area contributed by atoms with Crippen molar-refractivity contribution in [3.63, 3.8) is 0 Å². The molecule has 0 aliphatic heterocycles. The summed E-state index contributed by atoms with van der Waals surface area (Å²) in [6.45, 7) is 5.40. The third-order valence-corrected chi connectivity index (χ3v) is 3.32. The Balaban J connectivity index is 1.99. The minimum atomic E-state index is -0.0899. The SMILES string of the molecule is CCNC(=O)c1ccc(NCc2ccccc2CC)nc1. The summed E-state index contributed by atoms with van der Waals surface area (Å²) in [4.78, 5) is 15.9. The van der Waals surface area contributed by atoms with E-state index in [1.165, 1.54) is 11.1 Å². The van der Waals surface area contributed by atoms with Gasteiger partial charge in [0.25, 0.3) is 5.91 Å². The van der Waals surface area contributed by atoms with Gasteiger partial charge in [0.1, 0.15) is 5.82 Å². The molecule has 0 aliphatic rings. The van der Waals surface area contributed by atoms with Crippen molar-refractivity contribution in [1.82, 2.24) is 10.3 Å². The Labute approximate surface area is 125 Å². The minimum absolute atomic E-state index is 0.0899. The largest absolute Gasteiger partial charge is 0.366 e. The fraction of sp³-hybridized carbons (Fsp3) is 0.294. The van der Waals surface area contributed by atoms with Crippen LogP contribution in [0, 0.1) is 0 Å². The highest BCUT2D eigenvalue weighted by Gasteiger charge is 2.05. The first-order valence-electron chi connectivity index (χ1n) is 7.29. The smallest absolute Gasteiger partial charge is 0.252 e. The zero-order chi connectivity index (χ0) is 15.1. The molecule has 0 atom stereocenters. The van der Waals surface area contributed by atoms with E-state index >= 15 is 0 Å². The lowest BCUT2D eigenvalue weighted by atomic mass is 10.1. The fourth-order valence-electron chi connectivity index (χ4n) is 2.16. The molecule has 1 aromatic heterocycles. The van der Waals surface area contributed by atoms with Crippen molar-refractivity contribution >= 4 is 11.7 Å². The van der Waals surface area contributed by atoms with Crippen LogP contribution in [0.15, 0.2) is 42.6 Å². The maximum atomic E-state index is 11.6. The lowest BCUT2D eigenvalue weighted by Gasteiger charge is -2.10. The molecule has 0 saturated heterocycles. The third-order valence-electron chi connectivity index (χ3n) is 3.32. The highest BCUT2D eigenvalue weighted by atomic mass is 16.1. The van der Waals surface area contributed by atoms with Gasteiger partial charge in [0.2, 0.25) is 0 Å². The van der Waals surface area contributed by atoms with Crippen LogP contribution in [0.3, 0.4) is 0 Å². The second kappa shape index (κ2) is 7.43. The molecule has 21 heavy (non-hydrogen) atoms. The van der Waals surface area contributed by atoms with E-state index in [1.54, 1.807) is 12.3 Å². The number of hydrogen-bond acceptors (Lipinski definition) is 3. The summed E-state index contributed by atoms with van der Waals surface area (Å²) >= 11 is 0. The summed E-state index contributed by atoms with van der Waals surface area (Å²) in [7, 11) is 0. The first-order valence-corrected chi connectivity index (χ1v) is 7.29. The van der Waals surface area contributed by atoms with E-state index in [0.717, 1.165) is 18.8 Å². The summed E-state index contributed by atoms with van der Waals surface area (Å²) < 4.78 is 0. The van der Waals surface area contributed by atoms with Crippen molar-refractivity contribution in [3.8, 4) is 0 Å². The van der Waals surface area contributed by atoms with Crippen molar-refractivity contribution in [3.05, 3.63) is 59.3 Å². The van der Waals surface area contributed by atoms with Gasteiger partial charge in [-0.25, -0.2) is 4.98 Å². The molecular formula is C17H21N3O. The Bertz CT molecular complexity index is 593. The molecule has 0 fully saturated rings. The second-order valence-corrected chi connectivity index (χ2v) is 4.77. The van der Waals surface area contributed by atoms with Gasteiger partial charge in [0.05, 0.1) is 5.56 Å². The van der Waals surface area contributed by atoms with Gasteiger partial charge in [-0.3, -0.25) is 4.79 Å². The zero-order valence-corrected chi connectivity index (χ0v) is 12.5. The normalized spacial score (nSPS) is 10.2. The number of rotatable bonds is 6. The highest BCUT2D eigenvalue weighted by molar-refractivity contribution is 5.93. The maximum Gasteiger partial charge on any atom is 0.252 e. The van der Waals surface area contributed by atoms with Gasteiger partial charge in [0, 0.05) is 19.3 Å². The van der Waals surface area contributed by atoms with Crippen LogP contribution in [0.5, 0.6) is 0 Å². The molecule has 0 unspecified atom stereocenters. The summed E-state index contributed by atoms with van der Waals surface area (Å²) in [6.07, 6.45) is 2.61. The van der Waals surface area contributed by atoms with E-state index in [1.807, 2.05) is 19.1 Å². The molecule has 2 aromatic rings. The monoisotopic (exact) mass is 283 g/mol. The topological polar surface area (TPSA) is 54.0 Å². The number of carbonyl (C=O) groups is 1. The average molecular weight is 283 g/mol. The van der Waals surface area contributed by atoms with Gasteiger partial charge in [-0.05, 0) is 36.6 Å². The van der Waals surface area contributed by atoms with Gasteiger partial charge in [-0.2, -0.15) is 0 Å². The van der Waals surface area contributed by atoms with Crippen LogP contribution < -0.4 is 10.6 Å². The Morgan fingerprint density at radius 1 is 1.10 bits per heavy atom. The Morgan fingerprint density at radius 3 is 2.48 bits per heavy atom. The van der Waals surface area contributed by atoms with E-state index in [4.69, 9.17) is 0 Å². The number of hydrogen-bond donors (Lipinski definition) is 2. The predicted molar refractivity (Wildman–Crippen MR) is 85.4 cm³/mol. The zero-order valence-electron chi connectivity index (χ0n) is 12.5. The molecule has 1 amide bonds. The summed E-state index contributed by atoms with van der Waals surface area (Å²) in [5, 5.41) is 6.05. The van der Waals surface area contributed by atoms with Gasteiger partial charge in [-0.15, -0.1) is 0 Å². The Morgan fingerprint density at radius 2 is 1.86 bits per heavy atom. The van der Waals surface area contributed by atoms with Gasteiger partial charge >= 0.3 is 0 Å². The molecule has 0 aliphatic carbocycles. The molecule has 4 nitrogen and oxygen atoms in total. The predicted octanol–water partition coefficient (Wildman–Crippen LogP) is 3.01. The number of amides is 1. The minimum Gasteiger partial charge on any atom is -0.366 e.